The number of nitrogen functional groups attached to an aromatic ring is 1. The number of rotatable bonds is 2. The highest BCUT2D eigenvalue weighted by molar-refractivity contribution is 9.10. The summed E-state index contributed by atoms with van der Waals surface area (Å²) in [6.45, 7) is 2.71. The molecule has 0 atom stereocenters. The Bertz CT molecular complexity index is 716. The first-order chi connectivity index (χ1) is 8.63. The number of anilines is 1. The Labute approximate surface area is 117 Å². The lowest BCUT2D eigenvalue weighted by atomic mass is 10.3. The zero-order chi connectivity index (χ0) is 12.7. The van der Waals surface area contributed by atoms with Crippen LogP contribution in [-0.4, -0.2) is 14.5 Å². The maximum Gasteiger partial charge on any atom is 0.201 e. The first kappa shape index (κ1) is 11.7. The fourth-order valence-electron chi connectivity index (χ4n) is 1.89. The molecule has 0 aliphatic heterocycles. The zero-order valence-electron chi connectivity index (χ0n) is 9.72. The minimum atomic E-state index is 0.524. The number of halogens is 1. The third-order valence-electron chi connectivity index (χ3n) is 2.70. The molecule has 1 aromatic carbocycles. The summed E-state index contributed by atoms with van der Waals surface area (Å²) in [6.07, 6.45) is 1.88. The van der Waals surface area contributed by atoms with E-state index in [-0.39, 0.29) is 0 Å². The van der Waals surface area contributed by atoms with Gasteiger partial charge in [0.15, 0.2) is 0 Å². The third kappa shape index (κ3) is 2.02. The Balaban J connectivity index is 2.10. The van der Waals surface area contributed by atoms with Gasteiger partial charge in [0.25, 0.3) is 0 Å². The van der Waals surface area contributed by atoms with Crippen LogP contribution in [0.4, 0.5) is 5.95 Å². The van der Waals surface area contributed by atoms with Crippen LogP contribution in [0.1, 0.15) is 9.88 Å². The van der Waals surface area contributed by atoms with Crippen molar-refractivity contribution in [2.45, 2.75) is 13.5 Å². The third-order valence-corrected chi connectivity index (χ3v) is 4.09. The van der Waals surface area contributed by atoms with Crippen LogP contribution in [0.5, 0.6) is 0 Å². The molecule has 0 radical (unpaired) electrons. The summed E-state index contributed by atoms with van der Waals surface area (Å²) in [5, 5.41) is 1.04. The summed E-state index contributed by atoms with van der Waals surface area (Å²) in [4.78, 5) is 9.92. The van der Waals surface area contributed by atoms with Crippen LogP contribution >= 0.6 is 27.3 Å². The number of aromatic nitrogens is 3. The lowest BCUT2D eigenvalue weighted by Gasteiger charge is -2.03. The molecule has 0 aliphatic rings. The summed E-state index contributed by atoms with van der Waals surface area (Å²) in [6, 6.07) is 5.95. The van der Waals surface area contributed by atoms with Crippen molar-refractivity contribution in [2.75, 3.05) is 5.73 Å². The maximum atomic E-state index is 5.97. The van der Waals surface area contributed by atoms with Crippen molar-refractivity contribution in [2.24, 2.45) is 0 Å². The van der Waals surface area contributed by atoms with Gasteiger partial charge in [0.2, 0.25) is 5.95 Å². The quantitative estimate of drug-likeness (QED) is 0.788. The molecule has 2 aromatic heterocycles. The van der Waals surface area contributed by atoms with Gasteiger partial charge in [-0.2, -0.15) is 0 Å². The predicted octanol–water partition coefficient (Wildman–Crippen LogP) is 3.19. The molecule has 6 heteroatoms. The topological polar surface area (TPSA) is 56.7 Å². The molecule has 0 saturated heterocycles. The molecule has 92 valence electrons. The molecule has 0 bridgehead atoms. The van der Waals surface area contributed by atoms with E-state index in [9.17, 15) is 0 Å². The fourth-order valence-corrected chi connectivity index (χ4v) is 3.02. The first-order valence-electron chi connectivity index (χ1n) is 5.46. The van der Waals surface area contributed by atoms with Crippen molar-refractivity contribution < 1.29 is 0 Å². The van der Waals surface area contributed by atoms with Crippen molar-refractivity contribution in [3.05, 3.63) is 38.8 Å². The molecule has 0 unspecified atom stereocenters. The molecular weight excluding hydrogens is 312 g/mol. The van der Waals surface area contributed by atoms with Gasteiger partial charge < -0.3 is 10.3 Å². The lowest BCUT2D eigenvalue weighted by Crippen LogP contribution is -2.04. The Morgan fingerprint density at radius 1 is 1.44 bits per heavy atom. The minimum Gasteiger partial charge on any atom is -0.369 e. The highest BCUT2D eigenvalue weighted by Gasteiger charge is 2.10. The number of hydrogen-bond donors (Lipinski definition) is 1. The van der Waals surface area contributed by atoms with E-state index in [2.05, 4.69) is 25.9 Å². The molecule has 2 heterocycles. The average Bonchev–Trinajstić information content (AvgIpc) is 2.86. The highest BCUT2D eigenvalue weighted by atomic mass is 79.9. The van der Waals surface area contributed by atoms with Gasteiger partial charge in [-0.25, -0.2) is 9.97 Å². The summed E-state index contributed by atoms with van der Waals surface area (Å²) in [5.74, 6) is 0.524. The molecule has 0 fully saturated rings. The average molecular weight is 323 g/mol. The summed E-state index contributed by atoms with van der Waals surface area (Å²) in [7, 11) is 0. The largest absolute Gasteiger partial charge is 0.369 e. The zero-order valence-corrected chi connectivity index (χ0v) is 12.1. The summed E-state index contributed by atoms with van der Waals surface area (Å²) in [5.41, 5.74) is 7.90. The van der Waals surface area contributed by atoms with E-state index in [0.717, 1.165) is 20.5 Å². The van der Waals surface area contributed by atoms with Crippen molar-refractivity contribution in [3.63, 3.8) is 0 Å². The molecule has 4 nitrogen and oxygen atoms in total. The van der Waals surface area contributed by atoms with Gasteiger partial charge >= 0.3 is 0 Å². The van der Waals surface area contributed by atoms with Crippen LogP contribution in [0.2, 0.25) is 0 Å². The van der Waals surface area contributed by atoms with Crippen molar-refractivity contribution in [3.8, 4) is 0 Å². The van der Waals surface area contributed by atoms with Gasteiger partial charge in [0.1, 0.15) is 5.01 Å². The summed E-state index contributed by atoms with van der Waals surface area (Å²) >= 11 is 5.15. The van der Waals surface area contributed by atoms with E-state index in [1.165, 1.54) is 4.88 Å². The number of thiazole rings is 1. The minimum absolute atomic E-state index is 0.524. The maximum absolute atomic E-state index is 5.97. The predicted molar refractivity (Wildman–Crippen MR) is 77.8 cm³/mol. The second-order valence-corrected chi connectivity index (χ2v) is 6.29. The van der Waals surface area contributed by atoms with Crippen molar-refractivity contribution in [1.29, 1.82) is 0 Å². The van der Waals surface area contributed by atoms with Gasteiger partial charge in [0.05, 0.1) is 17.6 Å². The van der Waals surface area contributed by atoms with E-state index in [0.29, 0.717) is 12.5 Å². The molecule has 3 rings (SSSR count). The Morgan fingerprint density at radius 3 is 3.00 bits per heavy atom. The smallest absolute Gasteiger partial charge is 0.201 e. The van der Waals surface area contributed by atoms with E-state index < -0.39 is 0 Å². The monoisotopic (exact) mass is 322 g/mol. The standard InChI is InChI=1S/C12H11BrN4S/c1-7-5-15-11(18-7)6-17-10-4-8(13)2-3-9(10)16-12(17)14/h2-5H,6H2,1H3,(H2,14,16). The molecule has 18 heavy (non-hydrogen) atoms. The summed E-state index contributed by atoms with van der Waals surface area (Å²) < 4.78 is 3.00. The molecule has 2 N–H and O–H groups in total. The Hall–Kier alpha value is -1.40. The van der Waals surface area contributed by atoms with Crippen LogP contribution in [0, 0.1) is 6.92 Å². The van der Waals surface area contributed by atoms with Gasteiger partial charge in [-0.1, -0.05) is 15.9 Å². The fraction of sp³-hybridized carbons (Fsp3) is 0.167. The van der Waals surface area contributed by atoms with Crippen molar-refractivity contribution >= 4 is 44.2 Å². The first-order valence-corrected chi connectivity index (χ1v) is 7.07. The van der Waals surface area contributed by atoms with Crippen LogP contribution in [0.25, 0.3) is 11.0 Å². The van der Waals surface area contributed by atoms with E-state index >= 15 is 0 Å². The number of nitrogens with two attached hydrogens (primary N) is 1. The SMILES string of the molecule is Cc1cnc(Cn2c(N)nc3ccc(Br)cc32)s1. The normalized spacial score (nSPS) is 11.2. The van der Waals surface area contributed by atoms with Crippen LogP contribution in [-0.2, 0) is 6.54 Å². The number of fused-ring (bicyclic) bond motifs is 1. The Kier molecular flexibility index (Phi) is 2.83. The van der Waals surface area contributed by atoms with Crippen molar-refractivity contribution in [1.82, 2.24) is 14.5 Å². The van der Waals surface area contributed by atoms with Crippen LogP contribution in [0.15, 0.2) is 28.9 Å². The molecule has 0 aliphatic carbocycles. The van der Waals surface area contributed by atoms with Gasteiger partial charge in [-0.3, -0.25) is 0 Å². The number of imidazole rings is 1. The van der Waals surface area contributed by atoms with Gasteiger partial charge in [-0.05, 0) is 25.1 Å². The van der Waals surface area contributed by atoms with Gasteiger partial charge in [0, 0.05) is 15.5 Å². The lowest BCUT2D eigenvalue weighted by molar-refractivity contribution is 0.829. The second kappa shape index (κ2) is 4.37. The molecule has 0 spiro atoms. The van der Waals surface area contributed by atoms with E-state index in [1.54, 1.807) is 11.3 Å². The van der Waals surface area contributed by atoms with E-state index in [4.69, 9.17) is 5.73 Å². The molecule has 3 aromatic rings. The number of benzene rings is 1. The number of hydrogen-bond acceptors (Lipinski definition) is 4. The van der Waals surface area contributed by atoms with Crippen LogP contribution in [0.3, 0.4) is 0 Å². The van der Waals surface area contributed by atoms with E-state index in [1.807, 2.05) is 35.9 Å². The molecule has 0 saturated carbocycles. The highest BCUT2D eigenvalue weighted by Crippen LogP contribution is 2.24. The second-order valence-electron chi connectivity index (χ2n) is 4.05. The van der Waals surface area contributed by atoms with Crippen LogP contribution < -0.4 is 5.73 Å². The Morgan fingerprint density at radius 2 is 2.28 bits per heavy atom. The molecular formula is C12H11BrN4S. The van der Waals surface area contributed by atoms with Gasteiger partial charge in [-0.15, -0.1) is 11.3 Å². The number of aryl methyl sites for hydroxylation is 1. The number of nitrogens with zero attached hydrogens (tertiary/aromatic N) is 3. The molecule has 0 amide bonds.